The molecule has 1 aromatic rings. The summed E-state index contributed by atoms with van der Waals surface area (Å²) >= 11 is 0. The second kappa shape index (κ2) is 9.56. The zero-order chi connectivity index (χ0) is 17.3. The molecule has 4 heteroatoms. The topological polar surface area (TPSA) is 47.6 Å². The molecule has 1 N–H and O–H groups in total. The molecule has 1 aromatic carbocycles. The van der Waals surface area contributed by atoms with Gasteiger partial charge in [0.25, 0.3) is 5.91 Å². The average Bonchev–Trinajstić information content (AvgIpc) is 2.49. The van der Waals surface area contributed by atoms with Gasteiger partial charge in [-0.1, -0.05) is 26.2 Å². The molecule has 0 aliphatic carbocycles. The molecule has 0 aliphatic heterocycles. The SMILES string of the molecule is CCCCCC(C)(OCC)C(=O)Nc1ccc(OC(C)C)cc1. The van der Waals surface area contributed by atoms with Crippen molar-refractivity contribution in [3.05, 3.63) is 24.3 Å². The lowest BCUT2D eigenvalue weighted by Gasteiger charge is -2.28. The van der Waals surface area contributed by atoms with Crippen molar-refractivity contribution in [1.29, 1.82) is 0 Å². The highest BCUT2D eigenvalue weighted by molar-refractivity contribution is 5.97. The Morgan fingerprint density at radius 1 is 1.17 bits per heavy atom. The van der Waals surface area contributed by atoms with E-state index >= 15 is 0 Å². The maximum atomic E-state index is 12.6. The first-order valence-corrected chi connectivity index (χ1v) is 8.63. The molecule has 0 aliphatic rings. The molecule has 1 unspecified atom stereocenters. The molecule has 23 heavy (non-hydrogen) atoms. The Labute approximate surface area is 140 Å². The van der Waals surface area contributed by atoms with Crippen LogP contribution in [0.4, 0.5) is 5.69 Å². The molecular formula is C19H31NO3. The van der Waals surface area contributed by atoms with Gasteiger partial charge in [0.2, 0.25) is 0 Å². The van der Waals surface area contributed by atoms with E-state index in [9.17, 15) is 4.79 Å². The van der Waals surface area contributed by atoms with Crippen LogP contribution in [0.1, 0.15) is 60.3 Å². The molecule has 0 aromatic heterocycles. The van der Waals surface area contributed by atoms with E-state index in [-0.39, 0.29) is 12.0 Å². The first-order chi connectivity index (χ1) is 10.9. The van der Waals surface area contributed by atoms with Crippen molar-refractivity contribution in [1.82, 2.24) is 0 Å². The van der Waals surface area contributed by atoms with Crippen LogP contribution >= 0.6 is 0 Å². The van der Waals surface area contributed by atoms with E-state index in [0.29, 0.717) is 6.61 Å². The van der Waals surface area contributed by atoms with Gasteiger partial charge in [-0.15, -0.1) is 0 Å². The largest absolute Gasteiger partial charge is 0.491 e. The Kier molecular flexibility index (Phi) is 8.10. The predicted octanol–water partition coefficient (Wildman–Crippen LogP) is 4.79. The lowest BCUT2D eigenvalue weighted by Crippen LogP contribution is -2.42. The lowest BCUT2D eigenvalue weighted by atomic mass is 9.96. The molecule has 0 saturated carbocycles. The zero-order valence-corrected chi connectivity index (χ0v) is 15.1. The molecule has 1 amide bonds. The third kappa shape index (κ3) is 6.61. The third-order valence-electron chi connectivity index (χ3n) is 3.68. The minimum atomic E-state index is -0.781. The Bertz CT molecular complexity index is 470. The number of hydrogen-bond donors (Lipinski definition) is 1. The number of anilines is 1. The van der Waals surface area contributed by atoms with Crippen molar-refractivity contribution < 1.29 is 14.3 Å². The standard InChI is InChI=1S/C19H31NO3/c1-6-8-9-14-19(5,22-7-2)18(21)20-16-10-12-17(13-11-16)23-15(3)4/h10-13,15H,6-9,14H2,1-5H3,(H,20,21). The molecule has 0 fully saturated rings. The van der Waals surface area contributed by atoms with E-state index in [2.05, 4.69) is 12.2 Å². The molecule has 1 atom stereocenters. The minimum absolute atomic E-state index is 0.0898. The van der Waals surface area contributed by atoms with Crippen LogP contribution in [0.5, 0.6) is 5.75 Å². The molecule has 0 spiro atoms. The van der Waals surface area contributed by atoms with Crippen molar-refractivity contribution >= 4 is 11.6 Å². The van der Waals surface area contributed by atoms with E-state index in [4.69, 9.17) is 9.47 Å². The van der Waals surface area contributed by atoms with Gasteiger partial charge >= 0.3 is 0 Å². The van der Waals surface area contributed by atoms with E-state index < -0.39 is 5.60 Å². The highest BCUT2D eigenvalue weighted by atomic mass is 16.5. The van der Waals surface area contributed by atoms with Gasteiger partial charge in [0, 0.05) is 12.3 Å². The molecule has 130 valence electrons. The van der Waals surface area contributed by atoms with Crippen LogP contribution in [0.2, 0.25) is 0 Å². The Hall–Kier alpha value is -1.55. The van der Waals surface area contributed by atoms with E-state index in [1.165, 1.54) is 0 Å². The summed E-state index contributed by atoms with van der Waals surface area (Å²) in [6.45, 7) is 10.4. The van der Waals surface area contributed by atoms with Gasteiger partial charge in [-0.2, -0.15) is 0 Å². The monoisotopic (exact) mass is 321 g/mol. The number of nitrogens with one attached hydrogen (secondary N) is 1. The van der Waals surface area contributed by atoms with Crippen molar-refractivity contribution in [2.45, 2.75) is 72.0 Å². The molecule has 0 bridgehead atoms. The van der Waals surface area contributed by atoms with Gasteiger partial charge < -0.3 is 14.8 Å². The summed E-state index contributed by atoms with van der Waals surface area (Å²) in [5.41, 5.74) is -0.0238. The van der Waals surface area contributed by atoms with Gasteiger partial charge in [0.05, 0.1) is 6.10 Å². The summed E-state index contributed by atoms with van der Waals surface area (Å²) in [5, 5.41) is 2.96. The quantitative estimate of drug-likeness (QED) is 0.630. The van der Waals surface area contributed by atoms with Crippen LogP contribution in [0.25, 0.3) is 0 Å². The second-order valence-corrected chi connectivity index (χ2v) is 6.27. The number of unbranched alkanes of at least 4 members (excludes halogenated alkanes) is 2. The number of carbonyl (C=O) groups excluding carboxylic acids is 1. The van der Waals surface area contributed by atoms with Gasteiger partial charge in [0.1, 0.15) is 11.4 Å². The first-order valence-electron chi connectivity index (χ1n) is 8.63. The molecule has 4 nitrogen and oxygen atoms in total. The molecular weight excluding hydrogens is 290 g/mol. The van der Waals surface area contributed by atoms with Crippen LogP contribution in [-0.4, -0.2) is 24.2 Å². The lowest BCUT2D eigenvalue weighted by molar-refractivity contribution is -0.139. The summed E-state index contributed by atoms with van der Waals surface area (Å²) < 4.78 is 11.4. The van der Waals surface area contributed by atoms with E-state index in [1.807, 2.05) is 52.0 Å². The van der Waals surface area contributed by atoms with E-state index in [0.717, 1.165) is 37.1 Å². The smallest absolute Gasteiger partial charge is 0.256 e. The van der Waals surface area contributed by atoms with Gasteiger partial charge in [-0.3, -0.25) is 4.79 Å². The molecule has 0 saturated heterocycles. The van der Waals surface area contributed by atoms with Crippen molar-refractivity contribution in [2.75, 3.05) is 11.9 Å². The van der Waals surface area contributed by atoms with Crippen LogP contribution in [0.15, 0.2) is 24.3 Å². The third-order valence-corrected chi connectivity index (χ3v) is 3.68. The van der Waals surface area contributed by atoms with Crippen LogP contribution in [-0.2, 0) is 9.53 Å². The van der Waals surface area contributed by atoms with Crippen molar-refractivity contribution in [2.24, 2.45) is 0 Å². The number of ether oxygens (including phenoxy) is 2. The highest BCUT2D eigenvalue weighted by Crippen LogP contribution is 2.23. The Morgan fingerprint density at radius 2 is 1.83 bits per heavy atom. The summed E-state index contributed by atoms with van der Waals surface area (Å²) in [7, 11) is 0. The summed E-state index contributed by atoms with van der Waals surface area (Å²) in [6, 6.07) is 7.44. The summed E-state index contributed by atoms with van der Waals surface area (Å²) in [6.07, 6.45) is 4.09. The number of amides is 1. The molecule has 0 radical (unpaired) electrons. The predicted molar refractivity (Wildman–Crippen MR) is 95.0 cm³/mol. The molecule has 0 heterocycles. The maximum Gasteiger partial charge on any atom is 0.256 e. The van der Waals surface area contributed by atoms with Crippen LogP contribution in [0.3, 0.4) is 0 Å². The molecule has 1 rings (SSSR count). The van der Waals surface area contributed by atoms with Crippen molar-refractivity contribution in [3.8, 4) is 5.75 Å². The second-order valence-electron chi connectivity index (χ2n) is 6.27. The average molecular weight is 321 g/mol. The Balaban J connectivity index is 2.69. The van der Waals surface area contributed by atoms with Crippen LogP contribution in [0, 0.1) is 0 Å². The van der Waals surface area contributed by atoms with Crippen molar-refractivity contribution in [3.63, 3.8) is 0 Å². The normalized spacial score (nSPS) is 13.7. The van der Waals surface area contributed by atoms with E-state index in [1.54, 1.807) is 0 Å². The number of rotatable bonds is 10. The number of carbonyl (C=O) groups is 1. The highest BCUT2D eigenvalue weighted by Gasteiger charge is 2.33. The minimum Gasteiger partial charge on any atom is -0.491 e. The fraction of sp³-hybridized carbons (Fsp3) is 0.632. The summed E-state index contributed by atoms with van der Waals surface area (Å²) in [5.74, 6) is 0.710. The summed E-state index contributed by atoms with van der Waals surface area (Å²) in [4.78, 5) is 12.6. The maximum absolute atomic E-state index is 12.6. The van der Waals surface area contributed by atoms with Crippen LogP contribution < -0.4 is 10.1 Å². The van der Waals surface area contributed by atoms with Gasteiger partial charge in [-0.05, 0) is 58.4 Å². The van der Waals surface area contributed by atoms with Gasteiger partial charge in [0.15, 0.2) is 0 Å². The fourth-order valence-corrected chi connectivity index (χ4v) is 2.43. The number of hydrogen-bond acceptors (Lipinski definition) is 3. The van der Waals surface area contributed by atoms with Gasteiger partial charge in [-0.25, -0.2) is 0 Å². The fourth-order valence-electron chi connectivity index (χ4n) is 2.43. The zero-order valence-electron chi connectivity index (χ0n) is 15.1. The number of benzene rings is 1. The first kappa shape index (κ1) is 19.5. The Morgan fingerprint density at radius 3 is 2.35 bits per heavy atom.